The predicted octanol–water partition coefficient (Wildman–Crippen LogP) is 4.55. The Morgan fingerprint density at radius 1 is 1.04 bits per heavy atom. The van der Waals surface area contributed by atoms with Crippen LogP contribution in [0.15, 0.2) is 24.4 Å². The van der Waals surface area contributed by atoms with Crippen LogP contribution in [0.4, 0.5) is 17.6 Å². The molecule has 0 amide bonds. The van der Waals surface area contributed by atoms with Crippen molar-refractivity contribution in [1.82, 2.24) is 15.3 Å². The maximum Gasteiger partial charge on any atom is 0.416 e. The standard InChI is InChI=1S/C15H15F4N3.2ClH/c16-12-6-10(5-11(7-12)15(17,18)19)13-8-21-14(22-13)9-1-3-20-4-2-9;;/h5-9,20H,1-4H2,(H,21,22);2*1H. The maximum atomic E-state index is 13.5. The number of hydrogen-bond acceptors (Lipinski definition) is 2. The van der Waals surface area contributed by atoms with Crippen LogP contribution < -0.4 is 5.32 Å². The lowest BCUT2D eigenvalue weighted by atomic mass is 9.98. The van der Waals surface area contributed by atoms with Crippen LogP contribution in [-0.2, 0) is 6.18 Å². The van der Waals surface area contributed by atoms with Crippen molar-refractivity contribution in [3.63, 3.8) is 0 Å². The quantitative estimate of drug-likeness (QED) is 0.744. The van der Waals surface area contributed by atoms with Crippen molar-refractivity contribution in [3.8, 4) is 11.3 Å². The van der Waals surface area contributed by atoms with E-state index in [2.05, 4.69) is 15.3 Å². The first-order valence-electron chi connectivity index (χ1n) is 7.07. The Morgan fingerprint density at radius 2 is 1.71 bits per heavy atom. The molecule has 9 heteroatoms. The van der Waals surface area contributed by atoms with Gasteiger partial charge in [-0.2, -0.15) is 13.2 Å². The summed E-state index contributed by atoms with van der Waals surface area (Å²) in [7, 11) is 0. The summed E-state index contributed by atoms with van der Waals surface area (Å²) >= 11 is 0. The van der Waals surface area contributed by atoms with Crippen molar-refractivity contribution in [3.05, 3.63) is 41.6 Å². The number of piperidine rings is 1. The third-order valence-electron chi connectivity index (χ3n) is 3.84. The van der Waals surface area contributed by atoms with Crippen LogP contribution in [0.2, 0.25) is 0 Å². The third kappa shape index (κ3) is 4.62. The van der Waals surface area contributed by atoms with Crippen LogP contribution >= 0.6 is 24.8 Å². The summed E-state index contributed by atoms with van der Waals surface area (Å²) in [6.45, 7) is 1.78. The number of aromatic nitrogens is 2. The molecule has 2 aromatic rings. The number of rotatable bonds is 2. The maximum absolute atomic E-state index is 13.5. The Bertz CT molecular complexity index is 667. The van der Waals surface area contributed by atoms with Gasteiger partial charge in [-0.15, -0.1) is 24.8 Å². The van der Waals surface area contributed by atoms with E-state index in [1.54, 1.807) is 0 Å². The molecule has 0 saturated carbocycles. The minimum Gasteiger partial charge on any atom is -0.348 e. The average Bonchev–Trinajstić information content (AvgIpc) is 2.96. The zero-order valence-electron chi connectivity index (χ0n) is 12.5. The lowest BCUT2D eigenvalue weighted by molar-refractivity contribution is -0.137. The van der Waals surface area contributed by atoms with Gasteiger partial charge in [0.15, 0.2) is 0 Å². The highest BCUT2D eigenvalue weighted by Gasteiger charge is 2.31. The van der Waals surface area contributed by atoms with Gasteiger partial charge in [0.2, 0.25) is 0 Å². The Balaban J connectivity index is 0.00000144. The SMILES string of the molecule is Cl.Cl.Fc1cc(-c2c[nH]c(C3CCNCC3)n2)cc(C(F)(F)F)c1. The monoisotopic (exact) mass is 385 g/mol. The molecule has 1 aromatic heterocycles. The van der Waals surface area contributed by atoms with Gasteiger partial charge in [0, 0.05) is 17.7 Å². The molecule has 0 unspecified atom stereocenters. The van der Waals surface area contributed by atoms with Crippen molar-refractivity contribution in [1.29, 1.82) is 0 Å². The number of benzene rings is 1. The van der Waals surface area contributed by atoms with Gasteiger partial charge in [0.05, 0.1) is 11.3 Å². The molecule has 134 valence electrons. The zero-order chi connectivity index (χ0) is 15.7. The van der Waals surface area contributed by atoms with Crippen molar-refractivity contribution in [2.24, 2.45) is 0 Å². The molecular weight excluding hydrogens is 369 g/mol. The van der Waals surface area contributed by atoms with E-state index in [1.165, 1.54) is 6.20 Å². The van der Waals surface area contributed by atoms with Crippen molar-refractivity contribution in [2.45, 2.75) is 24.9 Å². The van der Waals surface area contributed by atoms with Gasteiger partial charge in [-0.25, -0.2) is 9.37 Å². The Morgan fingerprint density at radius 3 is 2.33 bits per heavy atom. The first-order chi connectivity index (χ1) is 10.4. The molecule has 1 aromatic carbocycles. The average molecular weight is 386 g/mol. The third-order valence-corrected chi connectivity index (χ3v) is 3.84. The fourth-order valence-corrected chi connectivity index (χ4v) is 2.69. The number of halogens is 6. The number of nitrogens with zero attached hydrogens (tertiary/aromatic N) is 1. The Hall–Kier alpha value is -1.31. The molecule has 0 radical (unpaired) electrons. The largest absolute Gasteiger partial charge is 0.416 e. The molecule has 1 fully saturated rings. The minimum atomic E-state index is -4.58. The second-order valence-corrected chi connectivity index (χ2v) is 5.42. The molecular formula is C15H17Cl2F4N3. The molecule has 24 heavy (non-hydrogen) atoms. The molecule has 3 rings (SSSR count). The Labute approximate surface area is 149 Å². The lowest BCUT2D eigenvalue weighted by Crippen LogP contribution is -2.27. The smallest absolute Gasteiger partial charge is 0.348 e. The normalized spacial score (nSPS) is 15.5. The van der Waals surface area contributed by atoms with E-state index in [9.17, 15) is 17.6 Å². The Kier molecular flexibility index (Phi) is 7.07. The number of H-pyrrole nitrogens is 1. The number of imidazole rings is 1. The number of aromatic amines is 1. The van der Waals surface area contributed by atoms with Crippen LogP contribution in [0, 0.1) is 5.82 Å². The second-order valence-electron chi connectivity index (χ2n) is 5.42. The topological polar surface area (TPSA) is 40.7 Å². The summed E-state index contributed by atoms with van der Waals surface area (Å²) in [5, 5.41) is 3.24. The molecule has 3 nitrogen and oxygen atoms in total. The summed E-state index contributed by atoms with van der Waals surface area (Å²) in [5.41, 5.74) is -0.545. The minimum absolute atomic E-state index is 0. The lowest BCUT2D eigenvalue weighted by Gasteiger charge is -2.20. The van der Waals surface area contributed by atoms with Gasteiger partial charge < -0.3 is 10.3 Å². The van der Waals surface area contributed by atoms with Gasteiger partial charge >= 0.3 is 6.18 Å². The predicted molar refractivity (Wildman–Crippen MR) is 88.3 cm³/mol. The van der Waals surface area contributed by atoms with E-state index in [1.807, 2.05) is 0 Å². The number of hydrogen-bond donors (Lipinski definition) is 2. The highest BCUT2D eigenvalue weighted by molar-refractivity contribution is 5.85. The molecule has 2 heterocycles. The van der Waals surface area contributed by atoms with Gasteiger partial charge in [0.1, 0.15) is 11.6 Å². The second kappa shape index (κ2) is 8.18. The van der Waals surface area contributed by atoms with Crippen LogP contribution in [-0.4, -0.2) is 23.1 Å². The van der Waals surface area contributed by atoms with E-state index >= 15 is 0 Å². The van der Waals surface area contributed by atoms with E-state index in [4.69, 9.17) is 0 Å². The molecule has 0 aliphatic carbocycles. The summed E-state index contributed by atoms with van der Waals surface area (Å²) in [5.74, 6) is 0.0798. The molecule has 0 atom stereocenters. The van der Waals surface area contributed by atoms with Crippen LogP contribution in [0.3, 0.4) is 0 Å². The highest BCUT2D eigenvalue weighted by atomic mass is 35.5. The fraction of sp³-hybridized carbons (Fsp3) is 0.400. The van der Waals surface area contributed by atoms with Gasteiger partial charge in [-0.1, -0.05) is 0 Å². The van der Waals surface area contributed by atoms with E-state index < -0.39 is 17.6 Å². The molecule has 0 bridgehead atoms. The summed E-state index contributed by atoms with van der Waals surface area (Å²) in [4.78, 5) is 7.36. The van der Waals surface area contributed by atoms with E-state index in [-0.39, 0.29) is 36.3 Å². The zero-order valence-corrected chi connectivity index (χ0v) is 14.1. The van der Waals surface area contributed by atoms with Crippen molar-refractivity contribution in [2.75, 3.05) is 13.1 Å². The summed E-state index contributed by atoms with van der Waals surface area (Å²) in [6, 6.07) is 2.48. The first-order valence-corrected chi connectivity index (χ1v) is 7.07. The van der Waals surface area contributed by atoms with Crippen LogP contribution in [0.5, 0.6) is 0 Å². The van der Waals surface area contributed by atoms with E-state index in [0.29, 0.717) is 11.8 Å². The molecule has 1 aliphatic rings. The first kappa shape index (κ1) is 20.7. The molecule has 2 N–H and O–H groups in total. The van der Waals surface area contributed by atoms with Gasteiger partial charge in [0.25, 0.3) is 0 Å². The van der Waals surface area contributed by atoms with Gasteiger partial charge in [-0.3, -0.25) is 0 Å². The van der Waals surface area contributed by atoms with Crippen LogP contribution in [0.25, 0.3) is 11.3 Å². The number of alkyl halides is 3. The summed E-state index contributed by atoms with van der Waals surface area (Å²) < 4.78 is 51.7. The summed E-state index contributed by atoms with van der Waals surface area (Å²) in [6.07, 6.45) is -1.20. The van der Waals surface area contributed by atoms with Gasteiger partial charge in [-0.05, 0) is 44.1 Å². The van der Waals surface area contributed by atoms with Crippen LogP contribution in [0.1, 0.15) is 30.1 Å². The number of nitrogens with one attached hydrogen (secondary N) is 2. The van der Waals surface area contributed by atoms with Crippen molar-refractivity contribution >= 4 is 24.8 Å². The van der Waals surface area contributed by atoms with E-state index in [0.717, 1.165) is 43.9 Å². The van der Waals surface area contributed by atoms with Crippen molar-refractivity contribution < 1.29 is 17.6 Å². The highest BCUT2D eigenvalue weighted by Crippen LogP contribution is 2.33. The molecule has 0 spiro atoms. The molecule has 1 saturated heterocycles. The molecule has 1 aliphatic heterocycles. The fourth-order valence-electron chi connectivity index (χ4n) is 2.69.